The normalized spacial score (nSPS) is 20.5. The minimum Gasteiger partial charge on any atom is -0.331 e. The van der Waals surface area contributed by atoms with Crippen molar-refractivity contribution in [3.05, 3.63) is 23.8 Å². The molecule has 2 rings (SSSR count). The molecule has 0 aromatic rings. The van der Waals surface area contributed by atoms with E-state index in [0.717, 1.165) is 56.5 Å². The van der Waals surface area contributed by atoms with Crippen molar-refractivity contribution in [2.24, 2.45) is 0 Å². The van der Waals surface area contributed by atoms with Crippen LogP contribution in [0.4, 0.5) is 0 Å². The van der Waals surface area contributed by atoms with Crippen LogP contribution in [0, 0.1) is 11.3 Å². The van der Waals surface area contributed by atoms with Crippen molar-refractivity contribution in [1.29, 1.82) is 5.26 Å². The summed E-state index contributed by atoms with van der Waals surface area (Å²) in [6.45, 7) is 4.74. The molecule has 2 aliphatic rings. The Labute approximate surface area is 186 Å². The first-order valence-electron chi connectivity index (χ1n) is 11.4. The highest BCUT2D eigenvalue weighted by molar-refractivity contribution is 7.99. The number of hydrogen-bond acceptors (Lipinski definition) is 5. The number of Topliss-reactive ketones (excluding diaryl/α,β-unsaturated/α-hetero) is 1. The summed E-state index contributed by atoms with van der Waals surface area (Å²) >= 11 is 1.72. The van der Waals surface area contributed by atoms with E-state index >= 15 is 0 Å². The molecule has 0 aromatic heterocycles. The van der Waals surface area contributed by atoms with Gasteiger partial charge in [0.05, 0.1) is 18.2 Å². The molecule has 0 radical (unpaired) electrons. The van der Waals surface area contributed by atoms with E-state index in [4.69, 9.17) is 5.26 Å². The summed E-state index contributed by atoms with van der Waals surface area (Å²) in [4.78, 5) is 27.5. The minimum atomic E-state index is -0.272. The first kappa shape index (κ1) is 24.7. The molecule has 1 aliphatic carbocycles. The fraction of sp³-hybridized carbons (Fsp3) is 0.708. The van der Waals surface area contributed by atoms with Gasteiger partial charge in [-0.3, -0.25) is 9.59 Å². The van der Waals surface area contributed by atoms with E-state index in [9.17, 15) is 9.59 Å². The van der Waals surface area contributed by atoms with Gasteiger partial charge in [-0.15, -0.1) is 0 Å². The van der Waals surface area contributed by atoms with Crippen LogP contribution >= 0.6 is 11.8 Å². The van der Waals surface area contributed by atoms with Crippen LogP contribution in [0.3, 0.4) is 0 Å². The van der Waals surface area contributed by atoms with Gasteiger partial charge in [-0.05, 0) is 64.5 Å². The number of rotatable bonds is 13. The van der Waals surface area contributed by atoms with Crippen LogP contribution in [0.1, 0.15) is 71.6 Å². The highest BCUT2D eigenvalue weighted by Crippen LogP contribution is 2.22. The van der Waals surface area contributed by atoms with Crippen molar-refractivity contribution >= 4 is 23.5 Å². The van der Waals surface area contributed by atoms with Gasteiger partial charge < -0.3 is 10.2 Å². The summed E-state index contributed by atoms with van der Waals surface area (Å²) < 4.78 is 0. The average Bonchev–Trinajstić information content (AvgIpc) is 3.24. The van der Waals surface area contributed by atoms with Crippen LogP contribution in [0.25, 0.3) is 0 Å². The number of hydrogen-bond donors (Lipinski definition) is 1. The molecule has 166 valence electrons. The van der Waals surface area contributed by atoms with E-state index in [1.54, 1.807) is 11.8 Å². The fourth-order valence-corrected chi connectivity index (χ4v) is 4.95. The molecule has 3 unspecified atom stereocenters. The van der Waals surface area contributed by atoms with Gasteiger partial charge in [-0.1, -0.05) is 23.8 Å². The predicted molar refractivity (Wildman–Crippen MR) is 124 cm³/mol. The monoisotopic (exact) mass is 431 g/mol. The molecule has 5 nitrogen and oxygen atoms in total. The molecule has 1 amide bonds. The van der Waals surface area contributed by atoms with E-state index in [-0.39, 0.29) is 29.8 Å². The highest BCUT2D eigenvalue weighted by atomic mass is 32.2. The summed E-state index contributed by atoms with van der Waals surface area (Å²) in [6, 6.07) is 1.86. The van der Waals surface area contributed by atoms with Crippen LogP contribution in [-0.2, 0) is 9.59 Å². The number of likely N-dealkylation sites (tertiary alicyclic amines) is 1. The van der Waals surface area contributed by atoms with E-state index in [0.29, 0.717) is 19.4 Å². The quantitative estimate of drug-likeness (QED) is 0.438. The van der Waals surface area contributed by atoms with Gasteiger partial charge in [0.1, 0.15) is 0 Å². The Balaban J connectivity index is 1.73. The van der Waals surface area contributed by atoms with Crippen molar-refractivity contribution in [3.8, 4) is 6.07 Å². The zero-order chi connectivity index (χ0) is 21.8. The maximum atomic E-state index is 13.0. The lowest BCUT2D eigenvalue weighted by Crippen LogP contribution is -2.50. The van der Waals surface area contributed by atoms with Crippen LogP contribution < -0.4 is 5.32 Å². The molecule has 0 spiro atoms. The third kappa shape index (κ3) is 8.28. The number of nitriles is 1. The zero-order valence-electron chi connectivity index (χ0n) is 18.6. The van der Waals surface area contributed by atoms with Crippen molar-refractivity contribution < 1.29 is 9.59 Å². The largest absolute Gasteiger partial charge is 0.331 e. The standard InChI is InChI=1S/C24H37N3O2S/c1-19(13-14-21-9-4-3-5-10-21)26-20(2)24(29)27-16-6-11-22(27)23(28)12-7-17-30-18-8-15-25/h4,9-10,19-20,22,26H,3,5-8,11-14,16-18H2,1-2H3. The first-order chi connectivity index (χ1) is 14.5. The molecule has 30 heavy (non-hydrogen) atoms. The molecule has 1 heterocycles. The number of carbonyl (C=O) groups excluding carboxylic acids is 2. The Kier molecular flexibility index (Phi) is 11.2. The molecular formula is C24H37N3O2S. The second-order valence-electron chi connectivity index (χ2n) is 8.37. The van der Waals surface area contributed by atoms with Crippen molar-refractivity contribution in [1.82, 2.24) is 10.2 Å². The van der Waals surface area contributed by atoms with Gasteiger partial charge >= 0.3 is 0 Å². The van der Waals surface area contributed by atoms with Crippen LogP contribution in [0.15, 0.2) is 23.8 Å². The lowest BCUT2D eigenvalue weighted by atomic mass is 10.0. The number of ketones is 1. The number of nitrogens with zero attached hydrogens (tertiary/aromatic N) is 2. The average molecular weight is 432 g/mol. The van der Waals surface area contributed by atoms with Gasteiger partial charge in [0.2, 0.25) is 5.91 Å². The summed E-state index contributed by atoms with van der Waals surface area (Å²) in [6.07, 6.45) is 14.6. The van der Waals surface area contributed by atoms with Crippen molar-refractivity contribution in [2.45, 2.75) is 89.8 Å². The minimum absolute atomic E-state index is 0.0536. The molecule has 1 fully saturated rings. The lowest BCUT2D eigenvalue weighted by molar-refractivity contribution is -0.139. The number of thioether (sulfide) groups is 1. The Bertz CT molecular complexity index is 668. The predicted octanol–water partition coefficient (Wildman–Crippen LogP) is 4.40. The van der Waals surface area contributed by atoms with Crippen LogP contribution in [-0.4, -0.2) is 52.8 Å². The smallest absolute Gasteiger partial charge is 0.240 e. The van der Waals surface area contributed by atoms with Gasteiger partial charge in [-0.2, -0.15) is 17.0 Å². The molecule has 1 aliphatic heterocycles. The Morgan fingerprint density at radius 1 is 1.33 bits per heavy atom. The third-order valence-corrected chi connectivity index (χ3v) is 6.89. The lowest BCUT2D eigenvalue weighted by Gasteiger charge is -2.28. The second-order valence-corrected chi connectivity index (χ2v) is 9.59. The fourth-order valence-electron chi connectivity index (χ4n) is 4.17. The first-order valence-corrected chi connectivity index (χ1v) is 12.6. The number of allylic oxidation sites excluding steroid dienone is 4. The summed E-state index contributed by atoms with van der Waals surface area (Å²) in [7, 11) is 0. The van der Waals surface area contributed by atoms with E-state index in [1.807, 2.05) is 11.8 Å². The van der Waals surface area contributed by atoms with Crippen LogP contribution in [0.2, 0.25) is 0 Å². The molecule has 1 N–H and O–H groups in total. The van der Waals surface area contributed by atoms with E-state index in [2.05, 4.69) is 36.5 Å². The molecule has 0 bridgehead atoms. The summed E-state index contributed by atoms with van der Waals surface area (Å²) in [5, 5.41) is 12.0. The Hall–Kier alpha value is -1.58. The zero-order valence-corrected chi connectivity index (χ0v) is 19.4. The van der Waals surface area contributed by atoms with Gasteiger partial charge in [0, 0.05) is 31.2 Å². The third-order valence-electron chi connectivity index (χ3n) is 5.82. The topological polar surface area (TPSA) is 73.2 Å². The second kappa shape index (κ2) is 13.7. The van der Waals surface area contributed by atoms with Gasteiger partial charge in [0.25, 0.3) is 0 Å². The molecule has 0 saturated carbocycles. The Morgan fingerprint density at radius 2 is 2.17 bits per heavy atom. The van der Waals surface area contributed by atoms with E-state index < -0.39 is 0 Å². The molecule has 0 aromatic carbocycles. The molecule has 6 heteroatoms. The summed E-state index contributed by atoms with van der Waals surface area (Å²) in [5.74, 6) is 1.97. The van der Waals surface area contributed by atoms with Gasteiger partial charge in [0.15, 0.2) is 5.78 Å². The van der Waals surface area contributed by atoms with Gasteiger partial charge in [-0.25, -0.2) is 0 Å². The number of carbonyl (C=O) groups is 2. The van der Waals surface area contributed by atoms with Crippen LogP contribution in [0.5, 0.6) is 0 Å². The molecule has 1 saturated heterocycles. The van der Waals surface area contributed by atoms with E-state index in [1.165, 1.54) is 5.57 Å². The molecular weight excluding hydrogens is 394 g/mol. The maximum Gasteiger partial charge on any atom is 0.240 e. The Morgan fingerprint density at radius 3 is 2.90 bits per heavy atom. The summed E-state index contributed by atoms with van der Waals surface area (Å²) in [5.41, 5.74) is 1.39. The van der Waals surface area contributed by atoms with Crippen molar-refractivity contribution in [2.75, 3.05) is 18.1 Å². The van der Waals surface area contributed by atoms with Crippen molar-refractivity contribution in [3.63, 3.8) is 0 Å². The number of amides is 1. The number of nitrogens with one attached hydrogen (secondary N) is 1. The maximum absolute atomic E-state index is 13.0. The molecule has 3 atom stereocenters. The highest BCUT2D eigenvalue weighted by Gasteiger charge is 2.35. The SMILES string of the molecule is CC(CCC1=CCCC=C1)NC(C)C(=O)N1CCCC1C(=O)CCCSCCC#N.